The van der Waals surface area contributed by atoms with E-state index in [0.29, 0.717) is 11.3 Å². The molecule has 7 nitrogen and oxygen atoms in total. The highest BCUT2D eigenvalue weighted by atomic mass is 32.2. The summed E-state index contributed by atoms with van der Waals surface area (Å²) in [7, 11) is -6.97. The van der Waals surface area contributed by atoms with Crippen molar-refractivity contribution >= 4 is 31.5 Å². The zero-order chi connectivity index (χ0) is 22.0. The third-order valence-corrected chi connectivity index (χ3v) is 6.80. The number of amides is 1. The minimum Gasteiger partial charge on any atom is -0.348 e. The highest BCUT2D eigenvalue weighted by molar-refractivity contribution is 7.92. The van der Waals surface area contributed by atoms with Crippen molar-refractivity contribution in [2.75, 3.05) is 23.4 Å². The minimum atomic E-state index is -3.67. The molecule has 2 aromatic rings. The molecule has 0 aliphatic rings. The van der Waals surface area contributed by atoms with Crippen molar-refractivity contribution < 1.29 is 21.6 Å². The van der Waals surface area contributed by atoms with Crippen LogP contribution in [0.25, 0.3) is 0 Å². The molecule has 0 bridgehead atoms. The first kappa shape index (κ1) is 22.9. The molecule has 0 spiro atoms. The zero-order valence-electron chi connectivity index (χ0n) is 17.1. The Morgan fingerprint density at radius 3 is 1.93 bits per heavy atom. The molecule has 0 fully saturated rings. The van der Waals surface area contributed by atoms with Crippen LogP contribution in [0.5, 0.6) is 0 Å². The Kier molecular flexibility index (Phi) is 6.74. The number of carbonyl (C=O) groups excluding carboxylic acids is 1. The van der Waals surface area contributed by atoms with Gasteiger partial charge in [0.15, 0.2) is 9.84 Å². The summed E-state index contributed by atoms with van der Waals surface area (Å²) in [5.41, 5.74) is 2.72. The Morgan fingerprint density at radius 2 is 1.48 bits per heavy atom. The molecule has 0 saturated heterocycles. The quantitative estimate of drug-likeness (QED) is 0.715. The zero-order valence-corrected chi connectivity index (χ0v) is 18.8. The standard InChI is InChI=1S/C20H26N2O5S2/c1-14-7-6-8-15(2)20(14)22(29(5,26)27)13-19(23)21-16(3)17-9-11-18(12-10-17)28(4,24)25/h6-12,16H,13H2,1-5H3,(H,21,23)/t16-/m0/s1. The summed E-state index contributed by atoms with van der Waals surface area (Å²) in [6.45, 7) is 4.99. The summed E-state index contributed by atoms with van der Waals surface area (Å²) >= 11 is 0. The lowest BCUT2D eigenvalue weighted by molar-refractivity contribution is -0.120. The Morgan fingerprint density at radius 1 is 0.966 bits per heavy atom. The van der Waals surface area contributed by atoms with Gasteiger partial charge in [-0.15, -0.1) is 0 Å². The monoisotopic (exact) mass is 438 g/mol. The molecule has 0 aromatic heterocycles. The van der Waals surface area contributed by atoms with Gasteiger partial charge in [0.25, 0.3) is 0 Å². The first-order valence-electron chi connectivity index (χ1n) is 8.94. The highest BCUT2D eigenvalue weighted by Crippen LogP contribution is 2.26. The predicted octanol–water partition coefficient (Wildman–Crippen LogP) is 2.35. The van der Waals surface area contributed by atoms with Gasteiger partial charge in [0.1, 0.15) is 6.54 Å². The molecule has 29 heavy (non-hydrogen) atoms. The summed E-state index contributed by atoms with van der Waals surface area (Å²) in [5.74, 6) is -0.460. The normalized spacial score (nSPS) is 13.0. The van der Waals surface area contributed by atoms with Crippen LogP contribution in [0.1, 0.15) is 29.7 Å². The van der Waals surface area contributed by atoms with E-state index in [2.05, 4.69) is 5.32 Å². The third kappa shape index (κ3) is 5.80. The number of anilines is 1. The van der Waals surface area contributed by atoms with Crippen molar-refractivity contribution in [3.63, 3.8) is 0 Å². The van der Waals surface area contributed by atoms with Gasteiger partial charge in [0.2, 0.25) is 15.9 Å². The van der Waals surface area contributed by atoms with Crippen LogP contribution in [-0.4, -0.2) is 41.8 Å². The molecular weight excluding hydrogens is 412 g/mol. The molecular formula is C20H26N2O5S2. The molecule has 2 rings (SSSR count). The van der Waals surface area contributed by atoms with Crippen LogP contribution >= 0.6 is 0 Å². The summed E-state index contributed by atoms with van der Waals surface area (Å²) < 4.78 is 48.9. The maximum absolute atomic E-state index is 12.6. The molecule has 9 heteroatoms. The fourth-order valence-corrected chi connectivity index (χ4v) is 4.67. The van der Waals surface area contributed by atoms with E-state index < -0.39 is 31.8 Å². The molecule has 0 heterocycles. The van der Waals surface area contributed by atoms with Crippen LogP contribution in [0.15, 0.2) is 47.4 Å². The number of hydrogen-bond acceptors (Lipinski definition) is 5. The van der Waals surface area contributed by atoms with Crippen molar-refractivity contribution in [3.8, 4) is 0 Å². The molecule has 158 valence electrons. The van der Waals surface area contributed by atoms with Gasteiger partial charge in [-0.25, -0.2) is 16.8 Å². The smallest absolute Gasteiger partial charge is 0.241 e. The van der Waals surface area contributed by atoms with E-state index in [1.807, 2.05) is 6.07 Å². The first-order valence-corrected chi connectivity index (χ1v) is 12.7. The van der Waals surface area contributed by atoms with Crippen LogP contribution in [0, 0.1) is 13.8 Å². The lowest BCUT2D eigenvalue weighted by atomic mass is 10.1. The number of benzene rings is 2. The van der Waals surface area contributed by atoms with Gasteiger partial charge in [-0.2, -0.15) is 0 Å². The third-order valence-electron chi connectivity index (χ3n) is 4.56. The predicted molar refractivity (Wildman–Crippen MR) is 114 cm³/mol. The van der Waals surface area contributed by atoms with Gasteiger partial charge in [0.05, 0.1) is 22.9 Å². The van der Waals surface area contributed by atoms with Gasteiger partial charge >= 0.3 is 0 Å². The maximum Gasteiger partial charge on any atom is 0.241 e. The molecule has 1 N–H and O–H groups in total. The Balaban J connectivity index is 2.20. The molecule has 0 aliphatic carbocycles. The lowest BCUT2D eigenvalue weighted by Crippen LogP contribution is -2.41. The van der Waals surface area contributed by atoms with E-state index in [1.54, 1.807) is 45.0 Å². The number of hydrogen-bond donors (Lipinski definition) is 1. The first-order chi connectivity index (χ1) is 13.3. The summed E-state index contributed by atoms with van der Waals surface area (Å²) in [5, 5.41) is 2.77. The molecule has 0 saturated carbocycles. The Hall–Kier alpha value is -2.39. The van der Waals surface area contributed by atoms with E-state index in [4.69, 9.17) is 0 Å². The Bertz CT molecular complexity index is 1090. The number of rotatable bonds is 7. The molecule has 0 aliphatic heterocycles. The number of nitrogens with one attached hydrogen (secondary N) is 1. The number of sulfone groups is 1. The van der Waals surface area contributed by atoms with Crippen LogP contribution in [0.2, 0.25) is 0 Å². The highest BCUT2D eigenvalue weighted by Gasteiger charge is 2.24. The average molecular weight is 439 g/mol. The van der Waals surface area contributed by atoms with E-state index >= 15 is 0 Å². The van der Waals surface area contributed by atoms with Crippen molar-refractivity contribution in [2.45, 2.75) is 31.7 Å². The largest absolute Gasteiger partial charge is 0.348 e. The summed E-state index contributed by atoms with van der Waals surface area (Å²) in [6.07, 6.45) is 2.19. The number of nitrogens with zero attached hydrogens (tertiary/aromatic N) is 1. The SMILES string of the molecule is Cc1cccc(C)c1N(CC(=O)N[C@@H](C)c1ccc(S(C)(=O)=O)cc1)S(C)(=O)=O. The minimum absolute atomic E-state index is 0.193. The number of carbonyl (C=O) groups is 1. The topological polar surface area (TPSA) is 101 Å². The van der Waals surface area contributed by atoms with Crippen LogP contribution in [0.3, 0.4) is 0 Å². The lowest BCUT2D eigenvalue weighted by Gasteiger charge is -2.26. The second-order valence-corrected chi connectivity index (χ2v) is 11.1. The van der Waals surface area contributed by atoms with Gasteiger partial charge in [-0.3, -0.25) is 9.10 Å². The van der Waals surface area contributed by atoms with Crippen LogP contribution in [-0.2, 0) is 24.7 Å². The summed E-state index contributed by atoms with van der Waals surface area (Å²) in [4.78, 5) is 12.8. The van der Waals surface area contributed by atoms with Crippen molar-refractivity contribution in [2.24, 2.45) is 0 Å². The fraction of sp³-hybridized carbons (Fsp3) is 0.350. The van der Waals surface area contributed by atoms with Gasteiger partial charge < -0.3 is 5.32 Å². The van der Waals surface area contributed by atoms with Crippen molar-refractivity contribution in [1.29, 1.82) is 0 Å². The Labute approximate surface area is 172 Å². The molecule has 0 unspecified atom stereocenters. The molecule has 1 amide bonds. The number of para-hydroxylation sites is 1. The second kappa shape index (κ2) is 8.54. The van der Waals surface area contributed by atoms with E-state index in [9.17, 15) is 21.6 Å². The van der Waals surface area contributed by atoms with Crippen LogP contribution in [0.4, 0.5) is 5.69 Å². The maximum atomic E-state index is 12.6. The van der Waals surface area contributed by atoms with Crippen molar-refractivity contribution in [3.05, 3.63) is 59.2 Å². The number of aryl methyl sites for hydroxylation is 2. The average Bonchev–Trinajstić information content (AvgIpc) is 2.59. The van der Waals surface area contributed by atoms with Gasteiger partial charge in [-0.05, 0) is 49.6 Å². The molecule has 1 atom stereocenters. The van der Waals surface area contributed by atoms with Crippen molar-refractivity contribution in [1.82, 2.24) is 5.32 Å². The summed E-state index contributed by atoms with van der Waals surface area (Å²) in [6, 6.07) is 11.2. The van der Waals surface area contributed by atoms with Gasteiger partial charge in [0, 0.05) is 6.26 Å². The van der Waals surface area contributed by atoms with E-state index in [-0.39, 0.29) is 11.4 Å². The molecule has 0 radical (unpaired) electrons. The van der Waals surface area contributed by atoms with E-state index in [0.717, 1.165) is 27.9 Å². The molecule has 2 aromatic carbocycles. The number of sulfonamides is 1. The second-order valence-electron chi connectivity index (χ2n) is 7.14. The van der Waals surface area contributed by atoms with Gasteiger partial charge in [-0.1, -0.05) is 30.3 Å². The van der Waals surface area contributed by atoms with E-state index in [1.165, 1.54) is 12.1 Å². The van der Waals surface area contributed by atoms with Crippen LogP contribution < -0.4 is 9.62 Å². The fourth-order valence-electron chi connectivity index (χ4n) is 3.07.